The molecule has 2 heterocycles. The van der Waals surface area contributed by atoms with Crippen molar-refractivity contribution in [3.05, 3.63) is 46.9 Å². The van der Waals surface area contributed by atoms with Crippen LogP contribution >= 0.6 is 11.8 Å². The summed E-state index contributed by atoms with van der Waals surface area (Å²) in [5.41, 5.74) is 0.577. The van der Waals surface area contributed by atoms with Gasteiger partial charge >= 0.3 is 0 Å². The molecule has 0 radical (unpaired) electrons. The molecule has 0 aliphatic rings. The van der Waals surface area contributed by atoms with Gasteiger partial charge in [-0.1, -0.05) is 30.8 Å². The molecular weight excluding hydrogens is 374 g/mol. The number of amides is 1. The lowest BCUT2D eigenvalue weighted by Gasteiger charge is -2.18. The molecule has 1 amide bonds. The summed E-state index contributed by atoms with van der Waals surface area (Å²) in [5.74, 6) is 0.654. The highest BCUT2D eigenvalue weighted by atomic mass is 32.2. The van der Waals surface area contributed by atoms with E-state index in [1.807, 2.05) is 45.9 Å². The first-order valence-corrected chi connectivity index (χ1v) is 10.4. The molecule has 0 saturated heterocycles. The molecule has 0 aliphatic carbocycles. The molecule has 8 heteroatoms. The largest absolute Gasteiger partial charge is 0.310 e. The molecule has 0 bridgehead atoms. The van der Waals surface area contributed by atoms with E-state index in [2.05, 4.69) is 15.4 Å². The summed E-state index contributed by atoms with van der Waals surface area (Å²) in [6, 6.07) is 9.22. The highest BCUT2D eigenvalue weighted by Crippen LogP contribution is 2.23. The predicted molar refractivity (Wildman–Crippen MR) is 113 cm³/mol. The SMILES string of the molecule is CC[C@@H](C)n1c(SCC(=O)Nc2ccnn2C(C)C)nc2ccccc2c1=O. The zero-order valence-electron chi connectivity index (χ0n) is 16.5. The summed E-state index contributed by atoms with van der Waals surface area (Å²) in [4.78, 5) is 30.1. The number of anilines is 1. The van der Waals surface area contributed by atoms with E-state index < -0.39 is 0 Å². The van der Waals surface area contributed by atoms with Crippen LogP contribution in [0.15, 0.2) is 46.5 Å². The van der Waals surface area contributed by atoms with Crippen LogP contribution < -0.4 is 10.9 Å². The molecule has 0 fully saturated rings. The van der Waals surface area contributed by atoms with Gasteiger partial charge in [-0.3, -0.25) is 14.2 Å². The first-order chi connectivity index (χ1) is 13.4. The van der Waals surface area contributed by atoms with Gasteiger partial charge < -0.3 is 5.32 Å². The maximum atomic E-state index is 13.0. The van der Waals surface area contributed by atoms with Crippen LogP contribution in [-0.2, 0) is 4.79 Å². The van der Waals surface area contributed by atoms with Crippen LogP contribution in [0.4, 0.5) is 5.82 Å². The van der Waals surface area contributed by atoms with Gasteiger partial charge in [-0.25, -0.2) is 9.67 Å². The van der Waals surface area contributed by atoms with E-state index in [0.717, 1.165) is 6.42 Å². The molecule has 0 unspecified atom stereocenters. The van der Waals surface area contributed by atoms with Gasteiger partial charge in [0, 0.05) is 18.2 Å². The van der Waals surface area contributed by atoms with Crippen LogP contribution in [0.25, 0.3) is 10.9 Å². The second-order valence-corrected chi connectivity index (χ2v) is 7.88. The fourth-order valence-electron chi connectivity index (χ4n) is 2.93. The highest BCUT2D eigenvalue weighted by Gasteiger charge is 2.17. The zero-order valence-corrected chi connectivity index (χ0v) is 17.4. The Labute approximate surface area is 168 Å². The Kier molecular flexibility index (Phi) is 6.18. The van der Waals surface area contributed by atoms with Crippen molar-refractivity contribution in [2.24, 2.45) is 0 Å². The van der Waals surface area contributed by atoms with Crippen LogP contribution in [0.2, 0.25) is 0 Å². The quantitative estimate of drug-likeness (QED) is 0.482. The van der Waals surface area contributed by atoms with Gasteiger partial charge in [0.15, 0.2) is 5.16 Å². The van der Waals surface area contributed by atoms with Crippen LogP contribution in [0, 0.1) is 0 Å². The fourth-order valence-corrected chi connectivity index (χ4v) is 3.83. The lowest BCUT2D eigenvalue weighted by Crippen LogP contribution is -2.27. The Morgan fingerprint density at radius 1 is 1.21 bits per heavy atom. The minimum Gasteiger partial charge on any atom is -0.310 e. The summed E-state index contributed by atoms with van der Waals surface area (Å²) >= 11 is 1.27. The number of rotatable bonds is 7. The molecule has 1 atom stereocenters. The third kappa shape index (κ3) is 4.11. The van der Waals surface area contributed by atoms with Gasteiger partial charge in [-0.2, -0.15) is 5.10 Å². The molecule has 28 heavy (non-hydrogen) atoms. The number of nitrogens with zero attached hydrogens (tertiary/aromatic N) is 4. The van der Waals surface area contributed by atoms with Gasteiger partial charge in [0.2, 0.25) is 5.91 Å². The smallest absolute Gasteiger partial charge is 0.262 e. The zero-order chi connectivity index (χ0) is 20.3. The number of hydrogen-bond donors (Lipinski definition) is 1. The summed E-state index contributed by atoms with van der Waals surface area (Å²) in [6.45, 7) is 8.02. The third-order valence-electron chi connectivity index (χ3n) is 4.57. The van der Waals surface area contributed by atoms with Crippen molar-refractivity contribution >= 4 is 34.4 Å². The van der Waals surface area contributed by atoms with Crippen molar-refractivity contribution in [2.75, 3.05) is 11.1 Å². The van der Waals surface area contributed by atoms with Gasteiger partial charge in [0.05, 0.1) is 22.9 Å². The number of hydrogen-bond acceptors (Lipinski definition) is 5. The average molecular weight is 400 g/mol. The van der Waals surface area contributed by atoms with Crippen LogP contribution in [0.5, 0.6) is 0 Å². The second kappa shape index (κ2) is 8.60. The molecule has 0 spiro atoms. The minimum absolute atomic E-state index is 0.00228. The third-order valence-corrected chi connectivity index (χ3v) is 5.52. The monoisotopic (exact) mass is 399 g/mol. The Morgan fingerprint density at radius 2 is 1.96 bits per heavy atom. The first-order valence-electron chi connectivity index (χ1n) is 9.39. The molecule has 1 aromatic carbocycles. The molecule has 148 valence electrons. The average Bonchev–Trinajstić information content (AvgIpc) is 3.14. The number of thioether (sulfide) groups is 1. The van der Waals surface area contributed by atoms with E-state index in [9.17, 15) is 9.59 Å². The van der Waals surface area contributed by atoms with E-state index >= 15 is 0 Å². The molecule has 3 rings (SSSR count). The Morgan fingerprint density at radius 3 is 2.68 bits per heavy atom. The topological polar surface area (TPSA) is 81.8 Å². The van der Waals surface area contributed by atoms with Crippen molar-refractivity contribution in [3.63, 3.8) is 0 Å². The number of carbonyl (C=O) groups is 1. The molecule has 3 aromatic rings. The van der Waals surface area contributed by atoms with Crippen molar-refractivity contribution in [1.82, 2.24) is 19.3 Å². The van der Waals surface area contributed by atoms with Crippen LogP contribution in [0.1, 0.15) is 46.2 Å². The summed E-state index contributed by atoms with van der Waals surface area (Å²) < 4.78 is 3.45. The predicted octanol–water partition coefficient (Wildman–Crippen LogP) is 3.88. The number of para-hydroxylation sites is 1. The second-order valence-electron chi connectivity index (χ2n) is 6.94. The highest BCUT2D eigenvalue weighted by molar-refractivity contribution is 7.99. The van der Waals surface area contributed by atoms with Crippen molar-refractivity contribution in [2.45, 2.75) is 51.4 Å². The molecule has 0 saturated carbocycles. The number of fused-ring (bicyclic) bond motifs is 1. The van der Waals surface area contributed by atoms with E-state index in [1.54, 1.807) is 27.6 Å². The molecule has 0 aliphatic heterocycles. The number of nitrogens with one attached hydrogen (secondary N) is 1. The van der Waals surface area contributed by atoms with Gasteiger partial charge in [0.25, 0.3) is 5.56 Å². The summed E-state index contributed by atoms with van der Waals surface area (Å²) in [7, 11) is 0. The van der Waals surface area contributed by atoms with Crippen molar-refractivity contribution in [3.8, 4) is 0 Å². The minimum atomic E-state index is -0.162. The molecule has 2 aromatic heterocycles. The molecular formula is C20H25N5O2S. The normalized spacial score (nSPS) is 12.5. The Bertz CT molecular complexity index is 1040. The maximum absolute atomic E-state index is 13.0. The lowest BCUT2D eigenvalue weighted by atomic mass is 10.2. The van der Waals surface area contributed by atoms with E-state index in [4.69, 9.17) is 0 Å². The lowest BCUT2D eigenvalue weighted by molar-refractivity contribution is -0.113. The van der Waals surface area contributed by atoms with Crippen LogP contribution in [0.3, 0.4) is 0 Å². The van der Waals surface area contributed by atoms with Gasteiger partial charge in [0.1, 0.15) is 5.82 Å². The maximum Gasteiger partial charge on any atom is 0.262 e. The van der Waals surface area contributed by atoms with Gasteiger partial charge in [-0.05, 0) is 39.3 Å². The first kappa shape index (κ1) is 20.1. The summed E-state index contributed by atoms with van der Waals surface area (Å²) in [6.07, 6.45) is 2.46. The van der Waals surface area contributed by atoms with Crippen LogP contribution in [-0.4, -0.2) is 31.0 Å². The Balaban J connectivity index is 1.84. The van der Waals surface area contributed by atoms with E-state index in [0.29, 0.717) is 21.9 Å². The standard InChI is InChI=1S/C20H25N5O2S/c1-5-14(4)24-19(27)15-8-6-7-9-16(15)22-20(24)28-12-18(26)23-17-10-11-21-25(17)13(2)3/h6-11,13-14H,5,12H2,1-4H3,(H,23,26)/t14-/m1/s1. The van der Waals surface area contributed by atoms with Gasteiger partial charge in [-0.15, -0.1) is 0 Å². The number of aromatic nitrogens is 4. The Hall–Kier alpha value is -2.61. The number of benzene rings is 1. The fraction of sp³-hybridized carbons (Fsp3) is 0.400. The molecule has 7 nitrogen and oxygen atoms in total. The number of carbonyl (C=O) groups excluding carboxylic acids is 1. The molecule has 1 N–H and O–H groups in total. The van der Waals surface area contributed by atoms with E-state index in [1.165, 1.54) is 11.8 Å². The van der Waals surface area contributed by atoms with Crippen molar-refractivity contribution in [1.29, 1.82) is 0 Å². The summed E-state index contributed by atoms with van der Waals surface area (Å²) in [5, 5.41) is 8.26. The van der Waals surface area contributed by atoms with E-state index in [-0.39, 0.29) is 29.3 Å². The van der Waals surface area contributed by atoms with Crippen molar-refractivity contribution < 1.29 is 4.79 Å².